The van der Waals surface area contributed by atoms with Crippen molar-refractivity contribution in [3.63, 3.8) is 0 Å². The number of rotatable bonds is 2. The van der Waals surface area contributed by atoms with Crippen molar-refractivity contribution in [2.24, 2.45) is 0 Å². The third-order valence-corrected chi connectivity index (χ3v) is 3.92. The predicted octanol–water partition coefficient (Wildman–Crippen LogP) is 4.14. The van der Waals surface area contributed by atoms with Gasteiger partial charge in [-0.05, 0) is 39.0 Å². The Morgan fingerprint density at radius 3 is 2.78 bits per heavy atom. The highest BCUT2D eigenvalue weighted by atomic mass is 32.1. The topological polar surface area (TPSA) is 76.4 Å². The van der Waals surface area contributed by atoms with Crippen LogP contribution < -0.4 is 5.32 Å². The van der Waals surface area contributed by atoms with Crippen LogP contribution in [0.25, 0.3) is 16.0 Å². The number of nitrogens with one attached hydrogen (secondary N) is 1. The number of thiophene rings is 1. The lowest BCUT2D eigenvalue weighted by Gasteiger charge is -2.19. The SMILES string of the molecule is CC(C)(C)OC(=O)Nc1ccc2c(c1)ncn2-c1cc(O)cs1. The number of hydrogen-bond acceptors (Lipinski definition) is 5. The minimum absolute atomic E-state index is 0.232. The molecular weight excluding hydrogens is 314 g/mol. The summed E-state index contributed by atoms with van der Waals surface area (Å²) in [5, 5.41) is 14.7. The second kappa shape index (κ2) is 5.58. The normalized spacial score (nSPS) is 11.6. The second-order valence-electron chi connectivity index (χ2n) is 6.09. The van der Waals surface area contributed by atoms with Gasteiger partial charge in [-0.25, -0.2) is 9.78 Å². The maximum atomic E-state index is 11.8. The van der Waals surface area contributed by atoms with Crippen LogP contribution in [0.4, 0.5) is 10.5 Å². The van der Waals surface area contributed by atoms with E-state index in [4.69, 9.17) is 4.74 Å². The highest BCUT2D eigenvalue weighted by Gasteiger charge is 2.16. The van der Waals surface area contributed by atoms with Gasteiger partial charge in [-0.1, -0.05) is 0 Å². The third kappa shape index (κ3) is 3.45. The first-order valence-corrected chi connectivity index (χ1v) is 7.95. The van der Waals surface area contributed by atoms with Crippen LogP contribution in [0, 0.1) is 0 Å². The van der Waals surface area contributed by atoms with Crippen molar-refractivity contribution in [1.29, 1.82) is 0 Å². The van der Waals surface area contributed by atoms with Gasteiger partial charge in [-0.3, -0.25) is 9.88 Å². The molecule has 1 aromatic carbocycles. The van der Waals surface area contributed by atoms with Gasteiger partial charge in [0, 0.05) is 17.1 Å². The van der Waals surface area contributed by atoms with E-state index < -0.39 is 11.7 Å². The van der Waals surface area contributed by atoms with Gasteiger partial charge in [-0.15, -0.1) is 11.3 Å². The molecule has 2 aromatic heterocycles. The molecular formula is C16H17N3O3S. The fourth-order valence-corrected chi connectivity index (χ4v) is 2.89. The lowest BCUT2D eigenvalue weighted by molar-refractivity contribution is 0.0636. The Kier molecular flexibility index (Phi) is 3.73. The summed E-state index contributed by atoms with van der Waals surface area (Å²) in [5.41, 5.74) is 1.70. The van der Waals surface area contributed by atoms with Crippen molar-refractivity contribution in [2.45, 2.75) is 26.4 Å². The molecule has 7 heteroatoms. The smallest absolute Gasteiger partial charge is 0.412 e. The molecule has 0 spiro atoms. The Morgan fingerprint density at radius 1 is 1.35 bits per heavy atom. The van der Waals surface area contributed by atoms with E-state index in [1.54, 1.807) is 29.9 Å². The molecule has 2 heterocycles. The van der Waals surface area contributed by atoms with Gasteiger partial charge in [0.25, 0.3) is 0 Å². The number of imidazole rings is 1. The van der Waals surface area contributed by atoms with Crippen molar-refractivity contribution >= 4 is 34.2 Å². The largest absolute Gasteiger partial charge is 0.507 e. The molecule has 3 aromatic rings. The van der Waals surface area contributed by atoms with Crippen molar-refractivity contribution in [3.8, 4) is 10.8 Å². The fraction of sp³-hybridized carbons (Fsp3) is 0.250. The van der Waals surface area contributed by atoms with Crippen LogP contribution in [0.2, 0.25) is 0 Å². The molecule has 0 atom stereocenters. The summed E-state index contributed by atoms with van der Waals surface area (Å²) in [5.74, 6) is 0.232. The quantitative estimate of drug-likeness (QED) is 0.740. The van der Waals surface area contributed by atoms with Crippen molar-refractivity contribution in [3.05, 3.63) is 36.0 Å². The molecule has 6 nitrogen and oxygen atoms in total. The molecule has 23 heavy (non-hydrogen) atoms. The highest BCUT2D eigenvalue weighted by molar-refractivity contribution is 7.12. The molecule has 0 aliphatic heterocycles. The van der Waals surface area contributed by atoms with Crippen molar-refractivity contribution < 1.29 is 14.6 Å². The number of amides is 1. The average molecular weight is 331 g/mol. The molecule has 0 bridgehead atoms. The minimum Gasteiger partial charge on any atom is -0.507 e. The Labute approximate surface area is 137 Å². The molecule has 0 saturated carbocycles. The van der Waals surface area contributed by atoms with Crippen molar-refractivity contribution in [1.82, 2.24) is 9.55 Å². The number of aromatic hydroxyl groups is 1. The van der Waals surface area contributed by atoms with Crippen LogP contribution in [-0.4, -0.2) is 26.4 Å². The van der Waals surface area contributed by atoms with E-state index in [1.165, 1.54) is 11.3 Å². The Balaban J connectivity index is 1.85. The van der Waals surface area contributed by atoms with Gasteiger partial charge in [0.2, 0.25) is 0 Å². The second-order valence-corrected chi connectivity index (χ2v) is 6.98. The first-order valence-electron chi connectivity index (χ1n) is 7.07. The minimum atomic E-state index is -0.545. The van der Waals surface area contributed by atoms with Crippen LogP contribution in [0.3, 0.4) is 0 Å². The summed E-state index contributed by atoms with van der Waals surface area (Å²) in [6.07, 6.45) is 1.19. The Bertz CT molecular complexity index is 861. The summed E-state index contributed by atoms with van der Waals surface area (Å²) in [6.45, 7) is 5.44. The number of anilines is 1. The molecule has 0 saturated heterocycles. The summed E-state index contributed by atoms with van der Waals surface area (Å²) in [4.78, 5) is 16.2. The number of fused-ring (bicyclic) bond motifs is 1. The zero-order valence-corrected chi connectivity index (χ0v) is 13.8. The average Bonchev–Trinajstić information content (AvgIpc) is 3.01. The van der Waals surface area contributed by atoms with E-state index in [2.05, 4.69) is 10.3 Å². The lowest BCUT2D eigenvalue weighted by Crippen LogP contribution is -2.27. The number of carbonyl (C=O) groups is 1. The molecule has 120 valence electrons. The monoisotopic (exact) mass is 331 g/mol. The number of nitrogens with zero attached hydrogens (tertiary/aromatic N) is 2. The standard InChI is InChI=1S/C16H17N3O3S/c1-16(2,3)22-15(21)18-10-4-5-13-12(6-10)17-9-19(13)14-7-11(20)8-23-14/h4-9,20H,1-3H3,(H,18,21). The zero-order chi connectivity index (χ0) is 16.6. The number of hydrogen-bond donors (Lipinski definition) is 2. The van der Waals surface area contributed by atoms with Gasteiger partial charge in [0.15, 0.2) is 0 Å². The fourth-order valence-electron chi connectivity index (χ4n) is 2.13. The van der Waals surface area contributed by atoms with E-state index in [0.717, 1.165) is 16.0 Å². The van der Waals surface area contributed by atoms with E-state index >= 15 is 0 Å². The summed E-state index contributed by atoms with van der Waals surface area (Å²) < 4.78 is 7.12. The van der Waals surface area contributed by atoms with E-state index in [9.17, 15) is 9.90 Å². The van der Waals surface area contributed by atoms with Crippen LogP contribution >= 0.6 is 11.3 Å². The number of carbonyl (C=O) groups excluding carboxylic acids is 1. The Hall–Kier alpha value is -2.54. The van der Waals surface area contributed by atoms with Gasteiger partial charge in [0.05, 0.1) is 11.0 Å². The molecule has 0 aliphatic rings. The van der Waals surface area contributed by atoms with E-state index in [0.29, 0.717) is 5.69 Å². The van der Waals surface area contributed by atoms with Gasteiger partial charge >= 0.3 is 6.09 Å². The van der Waals surface area contributed by atoms with Gasteiger partial charge in [0.1, 0.15) is 22.7 Å². The van der Waals surface area contributed by atoms with Gasteiger partial charge in [-0.2, -0.15) is 0 Å². The van der Waals surface area contributed by atoms with Crippen LogP contribution in [-0.2, 0) is 4.74 Å². The zero-order valence-electron chi connectivity index (χ0n) is 13.0. The van der Waals surface area contributed by atoms with Gasteiger partial charge < -0.3 is 9.84 Å². The first-order chi connectivity index (χ1) is 10.8. The van der Waals surface area contributed by atoms with Crippen LogP contribution in [0.15, 0.2) is 36.0 Å². The number of ether oxygens (including phenoxy) is 1. The number of aromatic nitrogens is 2. The van der Waals surface area contributed by atoms with E-state index in [1.807, 2.05) is 31.4 Å². The maximum absolute atomic E-state index is 11.8. The number of benzene rings is 1. The third-order valence-electron chi connectivity index (χ3n) is 3.00. The molecule has 1 amide bonds. The van der Waals surface area contributed by atoms with E-state index in [-0.39, 0.29) is 5.75 Å². The molecule has 2 N–H and O–H groups in total. The summed E-state index contributed by atoms with van der Waals surface area (Å²) in [7, 11) is 0. The summed E-state index contributed by atoms with van der Waals surface area (Å²) in [6, 6.07) is 7.12. The Morgan fingerprint density at radius 2 is 2.13 bits per heavy atom. The molecule has 0 aliphatic carbocycles. The maximum Gasteiger partial charge on any atom is 0.412 e. The van der Waals surface area contributed by atoms with Crippen LogP contribution in [0.5, 0.6) is 5.75 Å². The first kappa shape index (κ1) is 15.4. The molecule has 0 fully saturated rings. The summed E-state index contributed by atoms with van der Waals surface area (Å²) >= 11 is 1.43. The van der Waals surface area contributed by atoms with Crippen molar-refractivity contribution in [2.75, 3.05) is 5.32 Å². The lowest BCUT2D eigenvalue weighted by atomic mass is 10.2. The molecule has 3 rings (SSSR count). The molecule has 0 unspecified atom stereocenters. The predicted molar refractivity (Wildman–Crippen MR) is 90.5 cm³/mol. The van der Waals surface area contributed by atoms with Crippen LogP contribution in [0.1, 0.15) is 20.8 Å². The molecule has 0 radical (unpaired) electrons. The highest BCUT2D eigenvalue weighted by Crippen LogP contribution is 2.28.